The maximum atomic E-state index is 2.47. The van der Waals surface area contributed by atoms with E-state index in [1.807, 2.05) is 0 Å². The van der Waals surface area contributed by atoms with Crippen LogP contribution in [0.3, 0.4) is 0 Å². The quantitative estimate of drug-likeness (QED) is 0.681. The molecular weight excluding hydrogens is 256 g/mol. The molecule has 0 saturated heterocycles. The lowest BCUT2D eigenvalue weighted by Crippen LogP contribution is -2.17. The molecule has 102 valence electrons. The zero-order chi connectivity index (χ0) is 14.3. The van der Waals surface area contributed by atoms with Crippen LogP contribution in [0.15, 0.2) is 42.5 Å². The monoisotopic (exact) mass is 278 g/mol. The molecule has 20 heavy (non-hydrogen) atoms. The first-order valence-electron chi connectivity index (χ1n) is 7.46. The van der Waals surface area contributed by atoms with Gasteiger partial charge in [-0.05, 0) is 47.2 Å². The summed E-state index contributed by atoms with van der Waals surface area (Å²) in [6.45, 7) is 9.45. The van der Waals surface area contributed by atoms with E-state index in [1.165, 1.54) is 22.3 Å². The van der Waals surface area contributed by atoms with Crippen molar-refractivity contribution in [1.82, 2.24) is 0 Å². The van der Waals surface area contributed by atoms with Crippen LogP contribution < -0.4 is 0 Å². The Kier molecular flexibility index (Phi) is 3.39. The molecule has 0 nitrogen and oxygen atoms in total. The molecule has 1 heteroatoms. The normalized spacial score (nSPS) is 17.2. The minimum absolute atomic E-state index is 0.660. The van der Waals surface area contributed by atoms with Crippen molar-refractivity contribution in [3.8, 4) is 0 Å². The van der Waals surface area contributed by atoms with E-state index in [4.69, 9.17) is 0 Å². The number of rotatable bonds is 2. The van der Waals surface area contributed by atoms with Gasteiger partial charge < -0.3 is 0 Å². The van der Waals surface area contributed by atoms with E-state index in [-0.39, 0.29) is 0 Å². The van der Waals surface area contributed by atoms with Gasteiger partial charge in [0.25, 0.3) is 0 Å². The van der Waals surface area contributed by atoms with Crippen molar-refractivity contribution < 1.29 is 0 Å². The van der Waals surface area contributed by atoms with Gasteiger partial charge in [0.15, 0.2) is 0 Å². The van der Waals surface area contributed by atoms with Gasteiger partial charge in [-0.1, -0.05) is 61.6 Å². The number of aryl methyl sites for hydroxylation is 2. The second kappa shape index (κ2) is 5.06. The van der Waals surface area contributed by atoms with E-state index in [0.29, 0.717) is 5.54 Å². The van der Waals surface area contributed by atoms with Gasteiger partial charge in [0.1, 0.15) is 0 Å². The smallest absolute Gasteiger partial charge is 0.0444 e. The van der Waals surface area contributed by atoms with Gasteiger partial charge in [-0.2, -0.15) is 0 Å². The second-order valence-electron chi connectivity index (χ2n) is 6.21. The molecule has 0 bridgehead atoms. The number of fused-ring (bicyclic) bond motifs is 1. The summed E-state index contributed by atoms with van der Waals surface area (Å²) in [5.74, 6) is 0. The molecule has 0 fully saturated rings. The fourth-order valence-electron chi connectivity index (χ4n) is 3.45. The van der Waals surface area contributed by atoms with E-state index < -0.39 is 8.80 Å². The summed E-state index contributed by atoms with van der Waals surface area (Å²) in [4.78, 5) is 0. The van der Waals surface area contributed by atoms with Crippen molar-refractivity contribution in [1.29, 1.82) is 0 Å². The van der Waals surface area contributed by atoms with Gasteiger partial charge in [0.2, 0.25) is 0 Å². The fraction of sp³-hybridized carbons (Fsp3) is 0.263. The van der Waals surface area contributed by atoms with Gasteiger partial charge in [-0.25, -0.2) is 0 Å². The topological polar surface area (TPSA) is 0 Å². The van der Waals surface area contributed by atoms with Gasteiger partial charge in [0, 0.05) is 14.3 Å². The molecule has 2 aromatic carbocycles. The molecule has 1 aliphatic carbocycles. The van der Waals surface area contributed by atoms with Crippen LogP contribution in [-0.4, -0.2) is 8.80 Å². The Morgan fingerprint density at radius 1 is 0.850 bits per heavy atom. The van der Waals surface area contributed by atoms with Crippen LogP contribution in [0.4, 0.5) is 0 Å². The molecule has 1 unspecified atom stereocenters. The van der Waals surface area contributed by atoms with Gasteiger partial charge in [-0.3, -0.25) is 0 Å². The van der Waals surface area contributed by atoms with Crippen molar-refractivity contribution in [2.24, 2.45) is 0 Å². The number of allylic oxidation sites excluding steroid dienone is 1. The first-order valence-corrected chi connectivity index (χ1v) is 10.4. The summed E-state index contributed by atoms with van der Waals surface area (Å²) in [5, 5.41) is 0. The SMILES string of the molecule is Cc1ccc(C)c2c1C=C(c1ccccc1)C2[SiH](C)C. The lowest BCUT2D eigenvalue weighted by atomic mass is 9.98. The summed E-state index contributed by atoms with van der Waals surface area (Å²) >= 11 is 0. The average molecular weight is 278 g/mol. The minimum atomic E-state index is -0.805. The first-order chi connectivity index (χ1) is 9.59. The van der Waals surface area contributed by atoms with Crippen LogP contribution in [0.25, 0.3) is 11.6 Å². The highest BCUT2D eigenvalue weighted by Gasteiger charge is 2.31. The molecule has 0 heterocycles. The van der Waals surface area contributed by atoms with E-state index in [2.05, 4.69) is 75.5 Å². The average Bonchev–Trinajstić information content (AvgIpc) is 2.86. The molecule has 3 rings (SSSR count). The van der Waals surface area contributed by atoms with Crippen LogP contribution in [0.5, 0.6) is 0 Å². The number of hydrogen-bond acceptors (Lipinski definition) is 0. The predicted molar refractivity (Wildman–Crippen MR) is 91.8 cm³/mol. The van der Waals surface area contributed by atoms with E-state index in [0.717, 1.165) is 0 Å². The summed E-state index contributed by atoms with van der Waals surface area (Å²) < 4.78 is 0. The highest BCUT2D eigenvalue weighted by atomic mass is 28.3. The Morgan fingerprint density at radius 3 is 2.15 bits per heavy atom. The van der Waals surface area contributed by atoms with Crippen LogP contribution >= 0.6 is 0 Å². The molecule has 0 N–H and O–H groups in total. The Morgan fingerprint density at radius 2 is 1.50 bits per heavy atom. The van der Waals surface area contributed by atoms with Crippen LogP contribution in [0, 0.1) is 13.8 Å². The molecule has 1 atom stereocenters. The highest BCUT2D eigenvalue weighted by molar-refractivity contribution is 6.60. The molecule has 0 radical (unpaired) electrons. The van der Waals surface area contributed by atoms with E-state index in [9.17, 15) is 0 Å². The zero-order valence-electron chi connectivity index (χ0n) is 12.8. The zero-order valence-corrected chi connectivity index (χ0v) is 13.9. The molecule has 0 amide bonds. The largest absolute Gasteiger partial charge is 0.0714 e. The second-order valence-corrected chi connectivity index (χ2v) is 9.37. The maximum Gasteiger partial charge on any atom is 0.0444 e. The minimum Gasteiger partial charge on any atom is -0.0714 e. The van der Waals surface area contributed by atoms with Crippen LogP contribution in [0.2, 0.25) is 13.1 Å². The summed E-state index contributed by atoms with van der Waals surface area (Å²) in [6, 6.07) is 15.5. The first kappa shape index (κ1) is 13.4. The van der Waals surface area contributed by atoms with Crippen LogP contribution in [0.1, 0.15) is 33.4 Å². The molecule has 1 aliphatic rings. The summed E-state index contributed by atoms with van der Waals surface area (Å²) in [6.07, 6.45) is 2.45. The summed E-state index contributed by atoms with van der Waals surface area (Å²) in [5.41, 5.74) is 9.55. The van der Waals surface area contributed by atoms with Crippen LogP contribution in [-0.2, 0) is 0 Å². The Balaban J connectivity index is 2.21. The number of hydrogen-bond donors (Lipinski definition) is 0. The summed E-state index contributed by atoms with van der Waals surface area (Å²) in [7, 11) is -0.805. The molecule has 0 spiro atoms. The molecule has 0 aliphatic heterocycles. The predicted octanol–water partition coefficient (Wildman–Crippen LogP) is 4.97. The van der Waals surface area contributed by atoms with Gasteiger partial charge in [0.05, 0.1) is 0 Å². The Hall–Kier alpha value is -1.60. The third-order valence-electron chi connectivity index (χ3n) is 4.44. The molecule has 2 aromatic rings. The third kappa shape index (κ3) is 2.06. The molecular formula is C19H22Si. The highest BCUT2D eigenvalue weighted by Crippen LogP contribution is 2.45. The van der Waals surface area contributed by atoms with Crippen molar-refractivity contribution in [2.45, 2.75) is 32.5 Å². The van der Waals surface area contributed by atoms with Crippen molar-refractivity contribution in [3.05, 3.63) is 70.3 Å². The third-order valence-corrected chi connectivity index (χ3v) is 6.47. The standard InChI is InChI=1S/C19H22Si/c1-13-10-11-14(2)18-16(13)12-17(19(18)20(3)4)15-8-6-5-7-9-15/h5-12,19-20H,1-4H3. The Bertz CT molecular complexity index is 666. The van der Waals surface area contributed by atoms with Crippen molar-refractivity contribution in [3.63, 3.8) is 0 Å². The lowest BCUT2D eigenvalue weighted by Gasteiger charge is -2.22. The Labute approximate surface area is 123 Å². The van der Waals surface area contributed by atoms with Crippen molar-refractivity contribution >= 4 is 20.4 Å². The fourth-order valence-corrected chi connectivity index (χ4v) is 5.56. The molecule has 0 aromatic heterocycles. The van der Waals surface area contributed by atoms with Gasteiger partial charge in [-0.15, -0.1) is 0 Å². The lowest BCUT2D eigenvalue weighted by molar-refractivity contribution is 1.16. The van der Waals surface area contributed by atoms with Crippen molar-refractivity contribution in [2.75, 3.05) is 0 Å². The molecule has 0 saturated carbocycles. The van der Waals surface area contributed by atoms with E-state index >= 15 is 0 Å². The van der Waals surface area contributed by atoms with Gasteiger partial charge >= 0.3 is 0 Å². The van der Waals surface area contributed by atoms with E-state index in [1.54, 1.807) is 11.1 Å². The maximum absolute atomic E-state index is 2.47. The number of benzene rings is 2.